The van der Waals surface area contributed by atoms with Gasteiger partial charge in [0, 0.05) is 6.54 Å². The minimum absolute atomic E-state index is 0.535. The summed E-state index contributed by atoms with van der Waals surface area (Å²) in [6.07, 6.45) is 1.70. The van der Waals surface area contributed by atoms with Crippen molar-refractivity contribution in [2.75, 3.05) is 13.1 Å². The van der Waals surface area contributed by atoms with Crippen LogP contribution in [-0.4, -0.2) is 18.8 Å². The van der Waals surface area contributed by atoms with E-state index in [9.17, 15) is 4.39 Å². The lowest BCUT2D eigenvalue weighted by atomic mass is 9.99. The van der Waals surface area contributed by atoms with Crippen molar-refractivity contribution in [3.63, 3.8) is 0 Å². The molecule has 1 unspecified atom stereocenters. The second-order valence-electron chi connectivity index (χ2n) is 2.69. The maximum atomic E-state index is 12.8. The lowest BCUT2D eigenvalue weighted by molar-refractivity contribution is 0.145. The van der Waals surface area contributed by atoms with Gasteiger partial charge < -0.3 is 5.32 Å². The maximum absolute atomic E-state index is 12.8. The van der Waals surface area contributed by atoms with Gasteiger partial charge in [0.25, 0.3) is 0 Å². The standard InChI is InChI=1S/C6H12FN/c1-6(7)3-2-4-8-5-6/h8H,2-5H2,1H3. The summed E-state index contributed by atoms with van der Waals surface area (Å²) >= 11 is 0. The summed E-state index contributed by atoms with van der Waals surface area (Å²) in [5.41, 5.74) is -0.932. The van der Waals surface area contributed by atoms with E-state index in [0.717, 1.165) is 19.4 Å². The molecule has 8 heavy (non-hydrogen) atoms. The first-order valence-electron chi connectivity index (χ1n) is 3.10. The van der Waals surface area contributed by atoms with E-state index in [4.69, 9.17) is 0 Å². The largest absolute Gasteiger partial charge is 0.314 e. The molecule has 0 spiro atoms. The maximum Gasteiger partial charge on any atom is 0.120 e. The van der Waals surface area contributed by atoms with E-state index in [1.807, 2.05) is 0 Å². The van der Waals surface area contributed by atoms with Gasteiger partial charge in [0.1, 0.15) is 5.67 Å². The zero-order chi connectivity index (χ0) is 6.04. The number of rotatable bonds is 0. The molecule has 0 aliphatic carbocycles. The van der Waals surface area contributed by atoms with Crippen molar-refractivity contribution in [3.8, 4) is 0 Å². The molecule has 0 aromatic rings. The van der Waals surface area contributed by atoms with Crippen molar-refractivity contribution in [2.24, 2.45) is 0 Å². The molecule has 48 valence electrons. The minimum atomic E-state index is -0.932. The molecule has 1 atom stereocenters. The van der Waals surface area contributed by atoms with Crippen molar-refractivity contribution < 1.29 is 4.39 Å². The van der Waals surface area contributed by atoms with Gasteiger partial charge in [0.15, 0.2) is 0 Å². The fourth-order valence-electron chi connectivity index (χ4n) is 1.02. The predicted octanol–water partition coefficient (Wildman–Crippen LogP) is 1.10. The average molecular weight is 117 g/mol. The van der Waals surface area contributed by atoms with Crippen LogP contribution in [0.4, 0.5) is 4.39 Å². The summed E-state index contributed by atoms with van der Waals surface area (Å²) in [5, 5.41) is 3.00. The molecule has 0 saturated carbocycles. The van der Waals surface area contributed by atoms with Gasteiger partial charge in [-0.25, -0.2) is 4.39 Å². The molecule has 1 saturated heterocycles. The zero-order valence-corrected chi connectivity index (χ0v) is 5.21. The zero-order valence-electron chi connectivity index (χ0n) is 5.21. The van der Waals surface area contributed by atoms with Gasteiger partial charge in [-0.2, -0.15) is 0 Å². The Morgan fingerprint density at radius 1 is 1.62 bits per heavy atom. The van der Waals surface area contributed by atoms with Crippen LogP contribution in [0.2, 0.25) is 0 Å². The number of halogens is 1. The smallest absolute Gasteiger partial charge is 0.120 e. The van der Waals surface area contributed by atoms with Crippen molar-refractivity contribution in [1.29, 1.82) is 0 Å². The molecule has 0 aromatic carbocycles. The van der Waals surface area contributed by atoms with Crippen molar-refractivity contribution >= 4 is 0 Å². The van der Waals surface area contributed by atoms with E-state index in [1.165, 1.54) is 0 Å². The van der Waals surface area contributed by atoms with Crippen LogP contribution in [0.3, 0.4) is 0 Å². The summed E-state index contributed by atoms with van der Waals surface area (Å²) in [5.74, 6) is 0. The highest BCUT2D eigenvalue weighted by molar-refractivity contribution is 4.80. The lowest BCUT2D eigenvalue weighted by Gasteiger charge is -2.25. The first-order chi connectivity index (χ1) is 3.71. The Hall–Kier alpha value is -0.110. The van der Waals surface area contributed by atoms with Crippen LogP contribution in [0.25, 0.3) is 0 Å². The molecule has 0 amide bonds. The van der Waals surface area contributed by atoms with E-state index in [-0.39, 0.29) is 0 Å². The molecular formula is C6H12FN. The molecule has 0 bridgehead atoms. The van der Waals surface area contributed by atoms with Gasteiger partial charge in [-0.3, -0.25) is 0 Å². The summed E-state index contributed by atoms with van der Waals surface area (Å²) in [7, 11) is 0. The SMILES string of the molecule is CC1(F)CCCNC1. The Morgan fingerprint density at radius 3 is 2.62 bits per heavy atom. The number of hydrogen-bond donors (Lipinski definition) is 1. The van der Waals surface area contributed by atoms with Gasteiger partial charge in [0.2, 0.25) is 0 Å². The van der Waals surface area contributed by atoms with E-state index in [2.05, 4.69) is 5.32 Å². The van der Waals surface area contributed by atoms with E-state index >= 15 is 0 Å². The second-order valence-corrected chi connectivity index (χ2v) is 2.69. The summed E-state index contributed by atoms with van der Waals surface area (Å²) in [6.45, 7) is 3.17. The molecule has 1 aliphatic heterocycles. The van der Waals surface area contributed by atoms with Gasteiger partial charge in [-0.05, 0) is 26.3 Å². The first kappa shape index (κ1) is 6.02. The van der Waals surface area contributed by atoms with Crippen LogP contribution in [0, 0.1) is 0 Å². The van der Waals surface area contributed by atoms with E-state index in [1.54, 1.807) is 6.92 Å². The fraction of sp³-hybridized carbons (Fsp3) is 1.00. The Morgan fingerprint density at radius 2 is 2.38 bits per heavy atom. The van der Waals surface area contributed by atoms with Gasteiger partial charge in [0.05, 0.1) is 0 Å². The highest BCUT2D eigenvalue weighted by Crippen LogP contribution is 2.18. The highest BCUT2D eigenvalue weighted by Gasteiger charge is 2.24. The summed E-state index contributed by atoms with van der Waals surface area (Å²) < 4.78 is 12.8. The van der Waals surface area contributed by atoms with Crippen molar-refractivity contribution in [1.82, 2.24) is 5.32 Å². The second kappa shape index (κ2) is 2.02. The highest BCUT2D eigenvalue weighted by atomic mass is 19.1. The third-order valence-corrected chi connectivity index (χ3v) is 1.55. The number of piperidine rings is 1. The molecule has 2 heteroatoms. The first-order valence-corrected chi connectivity index (χ1v) is 3.10. The molecule has 1 fully saturated rings. The van der Waals surface area contributed by atoms with Gasteiger partial charge >= 0.3 is 0 Å². The number of hydrogen-bond acceptors (Lipinski definition) is 1. The van der Waals surface area contributed by atoms with Gasteiger partial charge in [-0.1, -0.05) is 0 Å². The van der Waals surface area contributed by atoms with Crippen molar-refractivity contribution in [3.05, 3.63) is 0 Å². The predicted molar refractivity (Wildman–Crippen MR) is 31.6 cm³/mol. The molecule has 1 heterocycles. The molecule has 1 rings (SSSR count). The molecule has 1 nitrogen and oxygen atoms in total. The van der Waals surface area contributed by atoms with Crippen LogP contribution in [-0.2, 0) is 0 Å². The Labute approximate surface area is 49.3 Å². The van der Waals surface area contributed by atoms with Crippen LogP contribution in [0.5, 0.6) is 0 Å². The topological polar surface area (TPSA) is 12.0 Å². The molecule has 1 N–H and O–H groups in total. The van der Waals surface area contributed by atoms with Crippen molar-refractivity contribution in [2.45, 2.75) is 25.4 Å². The van der Waals surface area contributed by atoms with Crippen LogP contribution in [0.15, 0.2) is 0 Å². The normalized spacial score (nSPS) is 39.8. The van der Waals surface area contributed by atoms with Crippen LogP contribution < -0.4 is 5.32 Å². The van der Waals surface area contributed by atoms with E-state index < -0.39 is 5.67 Å². The quantitative estimate of drug-likeness (QED) is 0.501. The molecule has 0 aromatic heterocycles. The monoisotopic (exact) mass is 117 g/mol. The Kier molecular flexibility index (Phi) is 1.52. The average Bonchev–Trinajstić information content (AvgIpc) is 1.65. The molecule has 1 aliphatic rings. The lowest BCUT2D eigenvalue weighted by Crippen LogP contribution is -2.39. The summed E-state index contributed by atoms with van der Waals surface area (Å²) in [4.78, 5) is 0. The Balaban J connectivity index is 2.33. The van der Waals surface area contributed by atoms with Crippen LogP contribution >= 0.6 is 0 Å². The minimum Gasteiger partial charge on any atom is -0.314 e. The van der Waals surface area contributed by atoms with Crippen LogP contribution in [0.1, 0.15) is 19.8 Å². The molecular weight excluding hydrogens is 105 g/mol. The third-order valence-electron chi connectivity index (χ3n) is 1.55. The summed E-state index contributed by atoms with van der Waals surface area (Å²) in [6, 6.07) is 0. The number of nitrogens with one attached hydrogen (secondary N) is 1. The number of alkyl halides is 1. The fourth-order valence-corrected chi connectivity index (χ4v) is 1.02. The Bertz CT molecular complexity index is 72.6. The van der Waals surface area contributed by atoms with Gasteiger partial charge in [-0.15, -0.1) is 0 Å². The molecule has 0 radical (unpaired) electrons. The van der Waals surface area contributed by atoms with E-state index in [0.29, 0.717) is 6.54 Å². The third kappa shape index (κ3) is 1.44.